The fourth-order valence-corrected chi connectivity index (χ4v) is 1.72. The minimum atomic E-state index is 0.539. The van der Waals surface area contributed by atoms with E-state index in [0.717, 1.165) is 5.82 Å². The van der Waals surface area contributed by atoms with Gasteiger partial charge in [-0.15, -0.1) is 0 Å². The first kappa shape index (κ1) is 12.1. The molecule has 1 heterocycles. The monoisotopic (exact) mass is 209 g/mol. The van der Waals surface area contributed by atoms with E-state index >= 15 is 0 Å². The quantitative estimate of drug-likeness (QED) is 0.699. The fourth-order valence-electron chi connectivity index (χ4n) is 1.72. The van der Waals surface area contributed by atoms with E-state index in [4.69, 9.17) is 0 Å². The zero-order chi connectivity index (χ0) is 11.1. The minimum absolute atomic E-state index is 0.539. The first-order valence-corrected chi connectivity index (χ1v) is 5.98. The van der Waals surface area contributed by atoms with Crippen LogP contribution in [0.25, 0.3) is 0 Å². The summed E-state index contributed by atoms with van der Waals surface area (Å²) in [6.07, 6.45) is 8.41. The van der Waals surface area contributed by atoms with Crippen LogP contribution in [0.3, 0.4) is 0 Å². The van der Waals surface area contributed by atoms with E-state index in [2.05, 4.69) is 24.3 Å². The number of rotatable bonds is 7. The Kier molecular flexibility index (Phi) is 5.22. The molecule has 1 unspecified atom stereocenters. The van der Waals surface area contributed by atoms with Crippen molar-refractivity contribution in [1.29, 1.82) is 0 Å². The lowest BCUT2D eigenvalue weighted by Crippen LogP contribution is -2.17. The average molecular weight is 209 g/mol. The van der Waals surface area contributed by atoms with Gasteiger partial charge in [0.15, 0.2) is 0 Å². The molecule has 3 nitrogen and oxygen atoms in total. The van der Waals surface area contributed by atoms with E-state index in [0.29, 0.717) is 6.04 Å². The molecule has 0 aromatic carbocycles. The Labute approximate surface area is 92.9 Å². The summed E-state index contributed by atoms with van der Waals surface area (Å²) in [6.45, 7) is 4.48. The first-order valence-electron chi connectivity index (χ1n) is 5.98. The van der Waals surface area contributed by atoms with Gasteiger partial charge < -0.3 is 5.32 Å². The van der Waals surface area contributed by atoms with Crippen LogP contribution in [0.15, 0.2) is 12.3 Å². The third-order valence-corrected chi connectivity index (χ3v) is 2.71. The maximum absolute atomic E-state index is 4.13. The van der Waals surface area contributed by atoms with Crippen molar-refractivity contribution in [3.8, 4) is 0 Å². The van der Waals surface area contributed by atoms with Gasteiger partial charge >= 0.3 is 0 Å². The van der Waals surface area contributed by atoms with Gasteiger partial charge in [0.1, 0.15) is 5.82 Å². The molecule has 86 valence electrons. The second-order valence-electron chi connectivity index (χ2n) is 4.23. The van der Waals surface area contributed by atoms with Gasteiger partial charge in [-0.05, 0) is 13.3 Å². The summed E-state index contributed by atoms with van der Waals surface area (Å²) in [4.78, 5) is 0. The van der Waals surface area contributed by atoms with Crippen LogP contribution >= 0.6 is 0 Å². The zero-order valence-corrected chi connectivity index (χ0v) is 10.2. The maximum Gasteiger partial charge on any atom is 0.124 e. The van der Waals surface area contributed by atoms with Gasteiger partial charge in [-0.1, -0.05) is 32.6 Å². The topological polar surface area (TPSA) is 29.9 Å². The molecule has 0 spiro atoms. The summed E-state index contributed by atoms with van der Waals surface area (Å²) < 4.78 is 1.88. The molecule has 0 bridgehead atoms. The van der Waals surface area contributed by atoms with Gasteiger partial charge in [0.05, 0.1) is 6.20 Å². The molecule has 0 saturated carbocycles. The molecule has 1 aromatic rings. The Morgan fingerprint density at radius 2 is 2.20 bits per heavy atom. The van der Waals surface area contributed by atoms with Crippen molar-refractivity contribution in [3.63, 3.8) is 0 Å². The van der Waals surface area contributed by atoms with Crippen molar-refractivity contribution in [2.24, 2.45) is 7.05 Å². The Morgan fingerprint density at radius 3 is 2.80 bits per heavy atom. The van der Waals surface area contributed by atoms with Gasteiger partial charge in [-0.3, -0.25) is 4.68 Å². The van der Waals surface area contributed by atoms with Crippen LogP contribution in [-0.4, -0.2) is 15.8 Å². The first-order chi connectivity index (χ1) is 7.24. The standard InChI is InChI=1S/C12H23N3/c1-4-5-6-7-8-11(2)14-12-9-10-13-15(12)3/h9-11,14H,4-8H2,1-3H3. The van der Waals surface area contributed by atoms with Crippen molar-refractivity contribution >= 4 is 5.82 Å². The van der Waals surface area contributed by atoms with E-state index in [-0.39, 0.29) is 0 Å². The number of hydrogen-bond donors (Lipinski definition) is 1. The van der Waals surface area contributed by atoms with Crippen molar-refractivity contribution in [3.05, 3.63) is 12.3 Å². The highest BCUT2D eigenvalue weighted by Gasteiger charge is 2.03. The van der Waals surface area contributed by atoms with Crippen LogP contribution in [0.4, 0.5) is 5.82 Å². The molecule has 15 heavy (non-hydrogen) atoms. The summed E-state index contributed by atoms with van der Waals surface area (Å²) in [7, 11) is 1.96. The summed E-state index contributed by atoms with van der Waals surface area (Å²) in [5, 5.41) is 7.60. The van der Waals surface area contributed by atoms with E-state index < -0.39 is 0 Å². The number of aromatic nitrogens is 2. The molecule has 0 radical (unpaired) electrons. The van der Waals surface area contributed by atoms with Crippen LogP contribution in [-0.2, 0) is 7.05 Å². The highest BCUT2D eigenvalue weighted by Crippen LogP contribution is 2.11. The minimum Gasteiger partial charge on any atom is -0.368 e. The molecular weight excluding hydrogens is 186 g/mol. The Hall–Kier alpha value is -0.990. The maximum atomic E-state index is 4.13. The lowest BCUT2D eigenvalue weighted by Gasteiger charge is -2.14. The number of hydrogen-bond acceptors (Lipinski definition) is 2. The summed E-state index contributed by atoms with van der Waals surface area (Å²) in [6, 6.07) is 2.56. The number of aryl methyl sites for hydroxylation is 1. The largest absolute Gasteiger partial charge is 0.368 e. The van der Waals surface area contributed by atoms with Crippen LogP contribution < -0.4 is 5.32 Å². The van der Waals surface area contributed by atoms with Crippen LogP contribution in [0.5, 0.6) is 0 Å². The lowest BCUT2D eigenvalue weighted by atomic mass is 10.1. The molecule has 1 rings (SSSR count). The number of nitrogens with one attached hydrogen (secondary N) is 1. The highest BCUT2D eigenvalue weighted by molar-refractivity contribution is 5.34. The van der Waals surface area contributed by atoms with E-state index in [1.807, 2.05) is 24.0 Å². The molecule has 0 saturated heterocycles. The molecule has 3 heteroatoms. The number of unbranched alkanes of at least 4 members (excludes halogenated alkanes) is 3. The zero-order valence-electron chi connectivity index (χ0n) is 10.2. The third kappa shape index (κ3) is 4.36. The summed E-state index contributed by atoms with van der Waals surface area (Å²) >= 11 is 0. The predicted molar refractivity (Wildman–Crippen MR) is 65.1 cm³/mol. The predicted octanol–water partition coefficient (Wildman–Crippen LogP) is 3.19. The molecule has 0 aliphatic heterocycles. The molecular formula is C12H23N3. The molecule has 0 fully saturated rings. The fraction of sp³-hybridized carbons (Fsp3) is 0.750. The molecule has 1 atom stereocenters. The van der Waals surface area contributed by atoms with E-state index in [9.17, 15) is 0 Å². The molecule has 0 amide bonds. The van der Waals surface area contributed by atoms with Crippen molar-refractivity contribution in [1.82, 2.24) is 9.78 Å². The molecule has 0 aliphatic carbocycles. The Bertz CT molecular complexity index is 268. The number of nitrogens with zero attached hydrogens (tertiary/aromatic N) is 2. The molecule has 1 aromatic heterocycles. The Balaban J connectivity index is 2.18. The van der Waals surface area contributed by atoms with Crippen LogP contribution in [0, 0.1) is 0 Å². The van der Waals surface area contributed by atoms with Crippen molar-refractivity contribution in [2.75, 3.05) is 5.32 Å². The van der Waals surface area contributed by atoms with Gasteiger partial charge in [0.25, 0.3) is 0 Å². The Morgan fingerprint density at radius 1 is 1.40 bits per heavy atom. The normalized spacial score (nSPS) is 12.7. The van der Waals surface area contributed by atoms with E-state index in [1.165, 1.54) is 32.1 Å². The van der Waals surface area contributed by atoms with Crippen molar-refractivity contribution in [2.45, 2.75) is 52.0 Å². The SMILES string of the molecule is CCCCCCC(C)Nc1ccnn1C. The lowest BCUT2D eigenvalue weighted by molar-refractivity contribution is 0.589. The highest BCUT2D eigenvalue weighted by atomic mass is 15.3. The van der Waals surface area contributed by atoms with Gasteiger partial charge in [0.2, 0.25) is 0 Å². The third-order valence-electron chi connectivity index (χ3n) is 2.71. The van der Waals surface area contributed by atoms with Crippen LogP contribution in [0.1, 0.15) is 46.0 Å². The molecule has 1 N–H and O–H groups in total. The van der Waals surface area contributed by atoms with E-state index in [1.54, 1.807) is 0 Å². The molecule has 0 aliphatic rings. The van der Waals surface area contributed by atoms with Gasteiger partial charge in [-0.25, -0.2) is 0 Å². The average Bonchev–Trinajstić information content (AvgIpc) is 2.59. The van der Waals surface area contributed by atoms with Crippen molar-refractivity contribution < 1.29 is 0 Å². The second-order valence-corrected chi connectivity index (χ2v) is 4.23. The van der Waals surface area contributed by atoms with Crippen LogP contribution in [0.2, 0.25) is 0 Å². The number of anilines is 1. The second kappa shape index (κ2) is 6.49. The summed E-state index contributed by atoms with van der Waals surface area (Å²) in [5.74, 6) is 1.11. The summed E-state index contributed by atoms with van der Waals surface area (Å²) in [5.41, 5.74) is 0. The van der Waals surface area contributed by atoms with Gasteiger partial charge in [-0.2, -0.15) is 5.10 Å². The van der Waals surface area contributed by atoms with Gasteiger partial charge in [0, 0.05) is 19.2 Å². The smallest absolute Gasteiger partial charge is 0.124 e.